The molecule has 23 heavy (non-hydrogen) atoms. The molecule has 0 aliphatic rings. The largest absolute Gasteiger partial charge is 0.508 e. The molecule has 0 aliphatic carbocycles. The minimum absolute atomic E-state index is 0.166. The molecule has 0 spiro atoms. The number of β-amino-alcohol motifs (C(OH)–C–C–N with tert-alkyl or cyclic N) is 1. The SMILES string of the molecule is CC(C)(CCc1ccccc1O)NCC(O)c1ccc(O)cc1. The zero-order chi connectivity index (χ0) is 16.9. The van der Waals surface area contributed by atoms with Gasteiger partial charge in [0, 0.05) is 12.1 Å². The van der Waals surface area contributed by atoms with Crippen molar-refractivity contribution in [2.75, 3.05) is 6.54 Å². The number of benzene rings is 2. The van der Waals surface area contributed by atoms with Gasteiger partial charge in [-0.2, -0.15) is 0 Å². The van der Waals surface area contributed by atoms with Crippen LogP contribution in [-0.4, -0.2) is 27.4 Å². The number of hydrogen-bond donors (Lipinski definition) is 4. The van der Waals surface area contributed by atoms with Gasteiger partial charge in [-0.25, -0.2) is 0 Å². The van der Waals surface area contributed by atoms with Gasteiger partial charge < -0.3 is 20.6 Å². The van der Waals surface area contributed by atoms with Crippen molar-refractivity contribution in [1.82, 2.24) is 5.32 Å². The number of aliphatic hydroxyl groups excluding tert-OH is 1. The van der Waals surface area contributed by atoms with Crippen LogP contribution in [0.2, 0.25) is 0 Å². The van der Waals surface area contributed by atoms with E-state index in [1.807, 2.05) is 18.2 Å². The summed E-state index contributed by atoms with van der Waals surface area (Å²) < 4.78 is 0. The highest BCUT2D eigenvalue weighted by atomic mass is 16.3. The monoisotopic (exact) mass is 315 g/mol. The van der Waals surface area contributed by atoms with Crippen LogP contribution in [-0.2, 0) is 6.42 Å². The number of aliphatic hydroxyl groups is 1. The van der Waals surface area contributed by atoms with Crippen LogP contribution in [0.3, 0.4) is 0 Å². The van der Waals surface area contributed by atoms with E-state index in [4.69, 9.17) is 0 Å². The predicted octanol–water partition coefficient (Wildman–Crippen LogP) is 3.13. The van der Waals surface area contributed by atoms with E-state index in [-0.39, 0.29) is 11.3 Å². The van der Waals surface area contributed by atoms with Crippen LogP contribution < -0.4 is 5.32 Å². The first kappa shape index (κ1) is 17.3. The third-order valence-corrected chi connectivity index (χ3v) is 4.06. The molecule has 0 aliphatic heterocycles. The van der Waals surface area contributed by atoms with E-state index in [0.717, 1.165) is 24.0 Å². The summed E-state index contributed by atoms with van der Waals surface area (Å²) in [4.78, 5) is 0. The lowest BCUT2D eigenvalue weighted by Crippen LogP contribution is -2.41. The van der Waals surface area contributed by atoms with E-state index in [0.29, 0.717) is 12.3 Å². The van der Waals surface area contributed by atoms with Gasteiger partial charge in [-0.15, -0.1) is 0 Å². The Kier molecular flexibility index (Phi) is 5.64. The van der Waals surface area contributed by atoms with Crippen LogP contribution in [0.4, 0.5) is 0 Å². The van der Waals surface area contributed by atoms with Crippen LogP contribution in [0, 0.1) is 0 Å². The van der Waals surface area contributed by atoms with Crippen molar-refractivity contribution in [3.63, 3.8) is 0 Å². The molecule has 124 valence electrons. The average molecular weight is 315 g/mol. The Labute approximate surface area is 137 Å². The summed E-state index contributed by atoms with van der Waals surface area (Å²) >= 11 is 0. The van der Waals surface area contributed by atoms with Gasteiger partial charge in [0.05, 0.1) is 6.10 Å². The van der Waals surface area contributed by atoms with E-state index in [9.17, 15) is 15.3 Å². The molecule has 0 saturated carbocycles. The fraction of sp³-hybridized carbons (Fsp3) is 0.368. The van der Waals surface area contributed by atoms with Gasteiger partial charge in [0.15, 0.2) is 0 Å². The molecule has 0 heterocycles. The van der Waals surface area contributed by atoms with Gasteiger partial charge in [0.25, 0.3) is 0 Å². The first-order valence-corrected chi connectivity index (χ1v) is 7.86. The molecular formula is C19H25NO3. The molecule has 0 fully saturated rings. The first-order chi connectivity index (χ1) is 10.9. The van der Waals surface area contributed by atoms with Crippen LogP contribution in [0.1, 0.15) is 37.5 Å². The number of nitrogens with one attached hydrogen (secondary N) is 1. The Balaban J connectivity index is 1.85. The smallest absolute Gasteiger partial charge is 0.118 e. The standard InChI is InChI=1S/C19H25NO3/c1-19(2,12-11-14-5-3-4-6-17(14)22)20-13-18(23)15-7-9-16(21)10-8-15/h3-10,18,20-23H,11-13H2,1-2H3. The number of phenolic OH excluding ortho intramolecular Hbond substituents is 2. The lowest BCUT2D eigenvalue weighted by Gasteiger charge is -2.28. The molecule has 2 rings (SSSR count). The van der Waals surface area contributed by atoms with E-state index >= 15 is 0 Å². The molecule has 4 heteroatoms. The molecule has 4 nitrogen and oxygen atoms in total. The van der Waals surface area contributed by atoms with Gasteiger partial charge in [-0.1, -0.05) is 30.3 Å². The highest BCUT2D eigenvalue weighted by Gasteiger charge is 2.19. The lowest BCUT2D eigenvalue weighted by molar-refractivity contribution is 0.159. The van der Waals surface area contributed by atoms with Gasteiger partial charge in [0.1, 0.15) is 11.5 Å². The highest BCUT2D eigenvalue weighted by molar-refractivity contribution is 5.32. The number of phenols is 2. The third kappa shape index (κ3) is 5.27. The predicted molar refractivity (Wildman–Crippen MR) is 91.6 cm³/mol. The second kappa shape index (κ2) is 7.49. The fourth-order valence-corrected chi connectivity index (χ4v) is 2.45. The van der Waals surface area contributed by atoms with E-state index in [1.165, 1.54) is 0 Å². The van der Waals surface area contributed by atoms with Gasteiger partial charge in [-0.05, 0) is 56.0 Å². The summed E-state index contributed by atoms with van der Waals surface area (Å²) in [6.45, 7) is 4.59. The van der Waals surface area contributed by atoms with Crippen LogP contribution in [0.15, 0.2) is 48.5 Å². The summed E-state index contributed by atoms with van der Waals surface area (Å²) in [5.74, 6) is 0.518. The highest BCUT2D eigenvalue weighted by Crippen LogP contribution is 2.22. The summed E-state index contributed by atoms with van der Waals surface area (Å²) in [6.07, 6.45) is 0.981. The molecule has 1 unspecified atom stereocenters. The topological polar surface area (TPSA) is 72.7 Å². The summed E-state index contributed by atoms with van der Waals surface area (Å²) in [7, 11) is 0. The molecule has 1 atom stereocenters. The zero-order valence-corrected chi connectivity index (χ0v) is 13.7. The maximum atomic E-state index is 10.2. The average Bonchev–Trinajstić information content (AvgIpc) is 2.53. The van der Waals surface area contributed by atoms with Gasteiger partial charge in [0.2, 0.25) is 0 Å². The van der Waals surface area contributed by atoms with E-state index < -0.39 is 6.10 Å². The number of aryl methyl sites for hydroxylation is 1. The first-order valence-electron chi connectivity index (χ1n) is 7.86. The molecule has 0 amide bonds. The van der Waals surface area contributed by atoms with Gasteiger partial charge in [-0.3, -0.25) is 0 Å². The number of para-hydroxylation sites is 1. The Hall–Kier alpha value is -2.04. The Morgan fingerprint density at radius 1 is 1.00 bits per heavy atom. The minimum atomic E-state index is -0.625. The van der Waals surface area contributed by atoms with Crippen molar-refractivity contribution in [3.05, 3.63) is 59.7 Å². The maximum absolute atomic E-state index is 10.2. The molecule has 0 radical (unpaired) electrons. The quantitative estimate of drug-likeness (QED) is 0.633. The van der Waals surface area contributed by atoms with Crippen molar-refractivity contribution in [2.24, 2.45) is 0 Å². The summed E-state index contributed by atoms with van der Waals surface area (Å²) in [6, 6.07) is 13.9. The Morgan fingerprint density at radius 2 is 1.65 bits per heavy atom. The van der Waals surface area contributed by atoms with Crippen LogP contribution in [0.5, 0.6) is 11.5 Å². The molecular weight excluding hydrogens is 290 g/mol. The van der Waals surface area contributed by atoms with Crippen LogP contribution >= 0.6 is 0 Å². The summed E-state index contributed by atoms with van der Waals surface area (Å²) in [5, 5.41) is 32.7. The van der Waals surface area contributed by atoms with Crippen molar-refractivity contribution in [1.29, 1.82) is 0 Å². The van der Waals surface area contributed by atoms with Crippen molar-refractivity contribution in [3.8, 4) is 11.5 Å². The maximum Gasteiger partial charge on any atom is 0.118 e. The van der Waals surface area contributed by atoms with Crippen molar-refractivity contribution in [2.45, 2.75) is 38.3 Å². The van der Waals surface area contributed by atoms with Crippen molar-refractivity contribution < 1.29 is 15.3 Å². The van der Waals surface area contributed by atoms with E-state index in [1.54, 1.807) is 30.3 Å². The van der Waals surface area contributed by atoms with Gasteiger partial charge >= 0.3 is 0 Å². The molecule has 0 saturated heterocycles. The summed E-state index contributed by atoms with van der Waals surface area (Å²) in [5.41, 5.74) is 1.54. The second-order valence-corrected chi connectivity index (χ2v) is 6.50. The number of rotatable bonds is 7. The normalized spacial score (nSPS) is 13.0. The van der Waals surface area contributed by atoms with E-state index in [2.05, 4.69) is 19.2 Å². The molecule has 0 bridgehead atoms. The minimum Gasteiger partial charge on any atom is -0.508 e. The Morgan fingerprint density at radius 3 is 2.30 bits per heavy atom. The zero-order valence-electron chi connectivity index (χ0n) is 13.7. The third-order valence-electron chi connectivity index (χ3n) is 4.06. The van der Waals surface area contributed by atoms with Crippen LogP contribution in [0.25, 0.3) is 0 Å². The lowest BCUT2D eigenvalue weighted by atomic mass is 9.94. The molecule has 0 aromatic heterocycles. The Bertz CT molecular complexity index is 623. The molecule has 4 N–H and O–H groups in total. The molecule has 2 aromatic rings. The fourth-order valence-electron chi connectivity index (χ4n) is 2.45. The second-order valence-electron chi connectivity index (χ2n) is 6.50. The van der Waals surface area contributed by atoms with Crippen molar-refractivity contribution >= 4 is 0 Å². The number of hydrogen-bond acceptors (Lipinski definition) is 4. The molecule has 2 aromatic carbocycles. The number of aromatic hydroxyl groups is 2.